The fraction of sp³-hybridized carbons (Fsp3) is 0.538. The van der Waals surface area contributed by atoms with Gasteiger partial charge in [0.05, 0.1) is 26.4 Å². The summed E-state index contributed by atoms with van der Waals surface area (Å²) in [5.41, 5.74) is 1.16. The van der Waals surface area contributed by atoms with Crippen LogP contribution < -0.4 is 5.32 Å². The summed E-state index contributed by atoms with van der Waals surface area (Å²) >= 11 is 0. The van der Waals surface area contributed by atoms with Crippen molar-refractivity contribution >= 4 is 0 Å². The van der Waals surface area contributed by atoms with Gasteiger partial charge < -0.3 is 19.5 Å². The lowest BCUT2D eigenvalue weighted by Gasteiger charge is -2.26. The van der Waals surface area contributed by atoms with E-state index in [9.17, 15) is 0 Å². The number of ether oxygens (including phenoxy) is 3. The van der Waals surface area contributed by atoms with E-state index in [0.29, 0.717) is 33.0 Å². The lowest BCUT2D eigenvalue weighted by Crippen LogP contribution is -2.44. The molecule has 1 heterocycles. The maximum Gasteiger partial charge on any atom is 0.204 e. The monoisotopic (exact) mass is 237 g/mol. The number of likely N-dealkylation sites (N-methyl/N-ethyl adjacent to an activating group) is 1. The molecular formula is C13H19NO3. The molecule has 0 atom stereocenters. The van der Waals surface area contributed by atoms with Crippen molar-refractivity contribution in [3.63, 3.8) is 0 Å². The molecule has 0 amide bonds. The van der Waals surface area contributed by atoms with Crippen LogP contribution in [0.2, 0.25) is 0 Å². The summed E-state index contributed by atoms with van der Waals surface area (Å²) in [6.45, 7) is 2.94. The summed E-state index contributed by atoms with van der Waals surface area (Å²) < 4.78 is 16.9. The molecule has 2 rings (SSSR count). The Morgan fingerprint density at radius 1 is 1.24 bits per heavy atom. The van der Waals surface area contributed by atoms with Gasteiger partial charge in [0.25, 0.3) is 0 Å². The molecule has 4 heteroatoms. The van der Waals surface area contributed by atoms with Gasteiger partial charge in [0.1, 0.15) is 6.61 Å². The minimum absolute atomic E-state index is 0.447. The third kappa shape index (κ3) is 3.51. The topological polar surface area (TPSA) is 39.7 Å². The average Bonchev–Trinajstić information content (AvgIpc) is 2.80. The van der Waals surface area contributed by atoms with Gasteiger partial charge in [0.15, 0.2) is 0 Å². The third-order valence-electron chi connectivity index (χ3n) is 2.69. The molecule has 1 aliphatic heterocycles. The van der Waals surface area contributed by atoms with Gasteiger partial charge in [-0.05, 0) is 12.6 Å². The van der Waals surface area contributed by atoms with Crippen LogP contribution in [0.15, 0.2) is 30.3 Å². The summed E-state index contributed by atoms with van der Waals surface area (Å²) in [6, 6.07) is 10.1. The summed E-state index contributed by atoms with van der Waals surface area (Å²) in [7, 11) is 1.88. The van der Waals surface area contributed by atoms with Crippen molar-refractivity contribution < 1.29 is 14.2 Å². The minimum Gasteiger partial charge on any atom is -0.371 e. The van der Waals surface area contributed by atoms with E-state index in [-0.39, 0.29) is 0 Å². The molecule has 0 saturated carbocycles. The Labute approximate surface area is 102 Å². The Balaban J connectivity index is 1.80. The van der Waals surface area contributed by atoms with Gasteiger partial charge in [-0.1, -0.05) is 30.3 Å². The van der Waals surface area contributed by atoms with Gasteiger partial charge in [0.2, 0.25) is 5.79 Å². The smallest absolute Gasteiger partial charge is 0.204 e. The zero-order valence-electron chi connectivity index (χ0n) is 10.1. The van der Waals surface area contributed by atoms with Crippen LogP contribution in [0.5, 0.6) is 0 Å². The first-order valence-electron chi connectivity index (χ1n) is 5.89. The maximum atomic E-state index is 5.67. The van der Waals surface area contributed by atoms with E-state index in [1.165, 1.54) is 0 Å². The van der Waals surface area contributed by atoms with Crippen LogP contribution in [0.25, 0.3) is 0 Å². The van der Waals surface area contributed by atoms with Crippen LogP contribution in [0.1, 0.15) is 5.56 Å². The Bertz CT molecular complexity index is 323. The lowest BCUT2D eigenvalue weighted by molar-refractivity contribution is -0.191. The van der Waals surface area contributed by atoms with Crippen molar-refractivity contribution in [2.24, 2.45) is 0 Å². The van der Waals surface area contributed by atoms with E-state index < -0.39 is 5.79 Å². The zero-order chi connectivity index (χ0) is 12.0. The van der Waals surface area contributed by atoms with Gasteiger partial charge in [-0.25, -0.2) is 0 Å². The number of hydrogen-bond donors (Lipinski definition) is 1. The van der Waals surface area contributed by atoms with E-state index in [1.807, 2.05) is 37.4 Å². The second-order valence-electron chi connectivity index (χ2n) is 4.12. The highest BCUT2D eigenvalue weighted by Gasteiger charge is 2.36. The second kappa shape index (κ2) is 6.12. The fourth-order valence-electron chi connectivity index (χ4n) is 1.90. The molecule has 1 aliphatic rings. The first-order chi connectivity index (χ1) is 8.35. The molecule has 1 aromatic carbocycles. The highest BCUT2D eigenvalue weighted by atomic mass is 16.8. The van der Waals surface area contributed by atoms with Crippen LogP contribution in [0, 0.1) is 0 Å². The normalized spacial score (nSPS) is 18.4. The average molecular weight is 237 g/mol. The van der Waals surface area contributed by atoms with Gasteiger partial charge in [-0.2, -0.15) is 0 Å². The number of benzene rings is 1. The molecule has 0 aliphatic carbocycles. The highest BCUT2D eigenvalue weighted by molar-refractivity contribution is 5.13. The van der Waals surface area contributed by atoms with Crippen molar-refractivity contribution in [1.29, 1.82) is 0 Å². The molecule has 0 aromatic heterocycles. The molecule has 1 N–H and O–H groups in total. The van der Waals surface area contributed by atoms with E-state index in [0.717, 1.165) is 5.56 Å². The third-order valence-corrected chi connectivity index (χ3v) is 2.69. The van der Waals surface area contributed by atoms with Gasteiger partial charge in [0, 0.05) is 0 Å². The van der Waals surface area contributed by atoms with Gasteiger partial charge >= 0.3 is 0 Å². The molecule has 0 radical (unpaired) electrons. The molecule has 4 nitrogen and oxygen atoms in total. The van der Waals surface area contributed by atoms with E-state index in [1.54, 1.807) is 0 Å². The standard InChI is InChI=1S/C13H19NO3/c1-14-10-13(16-7-8-17-13)11-15-9-12-5-3-2-4-6-12/h2-6,14H,7-11H2,1H3. The van der Waals surface area contributed by atoms with Crippen LogP contribution >= 0.6 is 0 Å². The lowest BCUT2D eigenvalue weighted by atomic mass is 10.2. The highest BCUT2D eigenvalue weighted by Crippen LogP contribution is 2.19. The summed E-state index contributed by atoms with van der Waals surface area (Å²) in [5, 5.41) is 3.07. The summed E-state index contributed by atoms with van der Waals surface area (Å²) in [4.78, 5) is 0. The van der Waals surface area contributed by atoms with E-state index in [2.05, 4.69) is 5.32 Å². The van der Waals surface area contributed by atoms with Crippen molar-refractivity contribution in [2.75, 3.05) is 33.4 Å². The minimum atomic E-state index is -0.608. The van der Waals surface area contributed by atoms with Crippen molar-refractivity contribution in [3.05, 3.63) is 35.9 Å². The predicted octanol–water partition coefficient (Wildman–Crippen LogP) is 1.17. The van der Waals surface area contributed by atoms with Crippen LogP contribution in [-0.4, -0.2) is 39.2 Å². The molecule has 0 bridgehead atoms. The summed E-state index contributed by atoms with van der Waals surface area (Å²) in [6.07, 6.45) is 0. The molecule has 94 valence electrons. The number of rotatable bonds is 6. The Morgan fingerprint density at radius 2 is 1.94 bits per heavy atom. The Kier molecular flexibility index (Phi) is 4.50. The van der Waals surface area contributed by atoms with Crippen molar-refractivity contribution in [2.45, 2.75) is 12.4 Å². The summed E-state index contributed by atoms with van der Waals surface area (Å²) in [5.74, 6) is -0.608. The predicted molar refractivity (Wildman–Crippen MR) is 64.7 cm³/mol. The van der Waals surface area contributed by atoms with Gasteiger partial charge in [-0.15, -0.1) is 0 Å². The first kappa shape index (κ1) is 12.5. The molecule has 17 heavy (non-hydrogen) atoms. The molecule has 1 saturated heterocycles. The van der Waals surface area contributed by atoms with Crippen molar-refractivity contribution in [3.8, 4) is 0 Å². The fourth-order valence-corrected chi connectivity index (χ4v) is 1.90. The van der Waals surface area contributed by atoms with Crippen molar-refractivity contribution in [1.82, 2.24) is 5.32 Å². The quantitative estimate of drug-likeness (QED) is 0.806. The Hall–Kier alpha value is -0.940. The number of nitrogens with one attached hydrogen (secondary N) is 1. The van der Waals surface area contributed by atoms with Crippen LogP contribution in [-0.2, 0) is 20.8 Å². The molecule has 1 aromatic rings. The molecule has 1 fully saturated rings. The van der Waals surface area contributed by atoms with E-state index in [4.69, 9.17) is 14.2 Å². The molecular weight excluding hydrogens is 218 g/mol. The van der Waals surface area contributed by atoms with Gasteiger partial charge in [-0.3, -0.25) is 0 Å². The van der Waals surface area contributed by atoms with E-state index >= 15 is 0 Å². The maximum absolute atomic E-state index is 5.67. The number of hydrogen-bond acceptors (Lipinski definition) is 4. The SMILES string of the molecule is CNCC1(COCc2ccccc2)OCCO1. The second-order valence-corrected chi connectivity index (χ2v) is 4.12. The first-order valence-corrected chi connectivity index (χ1v) is 5.89. The van der Waals surface area contributed by atoms with Crippen LogP contribution in [0.3, 0.4) is 0 Å². The molecule has 0 unspecified atom stereocenters. The molecule has 0 spiro atoms. The Morgan fingerprint density at radius 3 is 2.59 bits per heavy atom. The van der Waals surface area contributed by atoms with Crippen LogP contribution in [0.4, 0.5) is 0 Å². The largest absolute Gasteiger partial charge is 0.371 e. The zero-order valence-corrected chi connectivity index (χ0v) is 10.1.